The second-order valence-corrected chi connectivity index (χ2v) is 15.0. The molecule has 0 saturated heterocycles. The largest absolute Gasteiger partial charge is 0.228 e. The van der Waals surface area contributed by atoms with Crippen LogP contribution in [0.3, 0.4) is 0 Å². The molecular weight excluding hydrogens is 665 g/mol. The molecule has 55 heavy (non-hydrogen) atoms. The molecule has 9 aromatic rings. The van der Waals surface area contributed by atoms with Gasteiger partial charge in [-0.2, -0.15) is 0 Å². The Morgan fingerprint density at radius 3 is 1.58 bits per heavy atom. The minimum Gasteiger partial charge on any atom is -0.228 e. The van der Waals surface area contributed by atoms with E-state index in [1.165, 1.54) is 55.3 Å². The number of aromatic nitrogens is 2. The van der Waals surface area contributed by atoms with E-state index >= 15 is 0 Å². The number of benzene rings is 8. The fourth-order valence-electron chi connectivity index (χ4n) is 8.46. The predicted octanol–water partition coefficient (Wildman–Crippen LogP) is 13.9. The van der Waals surface area contributed by atoms with Crippen molar-refractivity contribution in [1.29, 1.82) is 0 Å². The second kappa shape index (κ2) is 13.2. The van der Waals surface area contributed by atoms with E-state index < -0.39 is 0 Å². The van der Waals surface area contributed by atoms with Gasteiger partial charge in [-0.05, 0) is 96.7 Å². The minimum atomic E-state index is -0.114. The molecule has 0 atom stereocenters. The molecule has 0 amide bonds. The molecule has 0 fully saturated rings. The molecule has 1 aliphatic rings. The van der Waals surface area contributed by atoms with Crippen molar-refractivity contribution in [3.8, 4) is 78.4 Å². The first-order valence-electron chi connectivity index (χ1n) is 19.0. The van der Waals surface area contributed by atoms with Crippen molar-refractivity contribution in [2.75, 3.05) is 0 Å². The quantitative estimate of drug-likeness (QED) is 0.172. The SMILES string of the molecule is CC1(C)c2ccccc2-c2cc(-c3cccc4ccccc34)c(-c3cccc(-c4cccc(-c5nc(-c6ccccc6)cc(-c6ccccc6)n5)c4)c3)cc21. The topological polar surface area (TPSA) is 25.8 Å². The normalized spacial score (nSPS) is 12.7. The molecular formula is C53H38N2. The number of nitrogens with zero attached hydrogens (tertiary/aromatic N) is 2. The van der Waals surface area contributed by atoms with Gasteiger partial charge in [-0.25, -0.2) is 9.97 Å². The highest BCUT2D eigenvalue weighted by molar-refractivity contribution is 6.03. The highest BCUT2D eigenvalue weighted by Crippen LogP contribution is 2.52. The molecule has 0 radical (unpaired) electrons. The summed E-state index contributed by atoms with van der Waals surface area (Å²) in [7, 11) is 0. The average Bonchev–Trinajstić information content (AvgIpc) is 3.48. The first-order valence-corrected chi connectivity index (χ1v) is 19.0. The van der Waals surface area contributed by atoms with Crippen LogP contribution in [0, 0.1) is 0 Å². The summed E-state index contributed by atoms with van der Waals surface area (Å²) in [6.45, 7) is 4.72. The number of hydrogen-bond donors (Lipinski definition) is 0. The molecule has 0 bridgehead atoms. The third-order valence-electron chi connectivity index (χ3n) is 11.3. The lowest BCUT2D eigenvalue weighted by atomic mass is 9.80. The molecule has 260 valence electrons. The Balaban J connectivity index is 1.12. The molecule has 1 aromatic heterocycles. The van der Waals surface area contributed by atoms with Crippen LogP contribution in [0.15, 0.2) is 194 Å². The Kier molecular flexibility index (Phi) is 7.85. The highest BCUT2D eigenvalue weighted by Gasteiger charge is 2.36. The Bertz CT molecular complexity index is 2820. The standard InChI is InChI=1S/C53H38N2/c1-53(2)48-29-12-11-27-44(48)47-32-46(43-28-15-21-35-16-9-10-26-42(35)43)45(33-49(47)53)40-24-13-22-38(30-40)39-23-14-25-41(31-39)52-54-50(36-17-5-3-6-18-36)34-51(55-52)37-19-7-4-8-20-37/h3-34H,1-2H3. The van der Waals surface area contributed by atoms with E-state index in [4.69, 9.17) is 9.97 Å². The fraction of sp³-hybridized carbons (Fsp3) is 0.0566. The molecule has 0 unspecified atom stereocenters. The number of fused-ring (bicyclic) bond motifs is 4. The summed E-state index contributed by atoms with van der Waals surface area (Å²) >= 11 is 0. The number of rotatable bonds is 6. The Hall–Kier alpha value is -6.90. The molecule has 0 spiro atoms. The monoisotopic (exact) mass is 702 g/mol. The average molecular weight is 703 g/mol. The van der Waals surface area contributed by atoms with Gasteiger partial charge in [-0.15, -0.1) is 0 Å². The molecule has 8 aromatic carbocycles. The summed E-state index contributed by atoms with van der Waals surface area (Å²) in [5.41, 5.74) is 17.4. The minimum absolute atomic E-state index is 0.114. The predicted molar refractivity (Wildman–Crippen MR) is 230 cm³/mol. The van der Waals surface area contributed by atoms with Crippen LogP contribution in [-0.4, -0.2) is 9.97 Å². The van der Waals surface area contributed by atoms with Gasteiger partial charge in [0.15, 0.2) is 5.82 Å². The molecule has 2 nitrogen and oxygen atoms in total. The van der Waals surface area contributed by atoms with Crippen molar-refractivity contribution < 1.29 is 0 Å². The van der Waals surface area contributed by atoms with E-state index in [0.29, 0.717) is 5.82 Å². The van der Waals surface area contributed by atoms with Crippen molar-refractivity contribution >= 4 is 10.8 Å². The van der Waals surface area contributed by atoms with Gasteiger partial charge < -0.3 is 0 Å². The van der Waals surface area contributed by atoms with Crippen molar-refractivity contribution in [2.24, 2.45) is 0 Å². The highest BCUT2D eigenvalue weighted by atomic mass is 14.9. The summed E-state index contributed by atoms with van der Waals surface area (Å²) < 4.78 is 0. The van der Waals surface area contributed by atoms with Crippen molar-refractivity contribution in [3.05, 3.63) is 205 Å². The van der Waals surface area contributed by atoms with Gasteiger partial charge in [0.1, 0.15) is 0 Å². The lowest BCUT2D eigenvalue weighted by molar-refractivity contribution is 0.660. The summed E-state index contributed by atoms with van der Waals surface area (Å²) in [6.07, 6.45) is 0. The van der Waals surface area contributed by atoms with E-state index in [0.717, 1.165) is 39.2 Å². The van der Waals surface area contributed by atoms with Crippen LogP contribution in [-0.2, 0) is 5.41 Å². The van der Waals surface area contributed by atoms with Gasteiger partial charge in [0.25, 0.3) is 0 Å². The van der Waals surface area contributed by atoms with Crippen LogP contribution in [0.1, 0.15) is 25.0 Å². The molecule has 2 heteroatoms. The Morgan fingerprint density at radius 1 is 0.327 bits per heavy atom. The first-order chi connectivity index (χ1) is 27.0. The maximum Gasteiger partial charge on any atom is 0.160 e. The first kappa shape index (κ1) is 32.7. The molecule has 1 heterocycles. The summed E-state index contributed by atoms with van der Waals surface area (Å²) in [6, 6.07) is 69.7. The van der Waals surface area contributed by atoms with E-state index in [2.05, 4.69) is 196 Å². The van der Waals surface area contributed by atoms with Gasteiger partial charge in [0.2, 0.25) is 0 Å². The van der Waals surface area contributed by atoms with Crippen LogP contribution in [0.4, 0.5) is 0 Å². The van der Waals surface area contributed by atoms with Crippen LogP contribution in [0.25, 0.3) is 89.2 Å². The Labute approximate surface area is 322 Å². The lowest BCUT2D eigenvalue weighted by Gasteiger charge is -2.23. The third kappa shape index (κ3) is 5.75. The molecule has 10 rings (SSSR count). The third-order valence-corrected chi connectivity index (χ3v) is 11.3. The summed E-state index contributed by atoms with van der Waals surface area (Å²) in [5, 5.41) is 2.50. The van der Waals surface area contributed by atoms with Crippen LogP contribution < -0.4 is 0 Å². The summed E-state index contributed by atoms with van der Waals surface area (Å²) in [5.74, 6) is 0.705. The van der Waals surface area contributed by atoms with E-state index in [1.54, 1.807) is 0 Å². The van der Waals surface area contributed by atoms with E-state index in [-0.39, 0.29) is 5.41 Å². The van der Waals surface area contributed by atoms with E-state index in [9.17, 15) is 0 Å². The van der Waals surface area contributed by atoms with Gasteiger partial charge in [0.05, 0.1) is 11.4 Å². The van der Waals surface area contributed by atoms with Crippen LogP contribution >= 0.6 is 0 Å². The van der Waals surface area contributed by atoms with Gasteiger partial charge in [-0.1, -0.05) is 178 Å². The fourth-order valence-corrected chi connectivity index (χ4v) is 8.46. The van der Waals surface area contributed by atoms with Crippen molar-refractivity contribution in [3.63, 3.8) is 0 Å². The van der Waals surface area contributed by atoms with Gasteiger partial charge >= 0.3 is 0 Å². The summed E-state index contributed by atoms with van der Waals surface area (Å²) in [4.78, 5) is 10.2. The van der Waals surface area contributed by atoms with Crippen LogP contribution in [0.5, 0.6) is 0 Å². The zero-order chi connectivity index (χ0) is 36.9. The maximum absolute atomic E-state index is 5.12. The lowest BCUT2D eigenvalue weighted by Crippen LogP contribution is -2.15. The van der Waals surface area contributed by atoms with E-state index in [1.807, 2.05) is 12.1 Å². The maximum atomic E-state index is 5.12. The van der Waals surface area contributed by atoms with Crippen LogP contribution in [0.2, 0.25) is 0 Å². The molecule has 0 saturated carbocycles. The smallest absolute Gasteiger partial charge is 0.160 e. The molecule has 0 aliphatic heterocycles. The van der Waals surface area contributed by atoms with Gasteiger partial charge in [-0.3, -0.25) is 0 Å². The zero-order valence-electron chi connectivity index (χ0n) is 30.9. The zero-order valence-corrected chi connectivity index (χ0v) is 30.9. The Morgan fingerprint density at radius 2 is 0.855 bits per heavy atom. The molecule has 1 aliphatic carbocycles. The number of hydrogen-bond acceptors (Lipinski definition) is 2. The van der Waals surface area contributed by atoms with Crippen molar-refractivity contribution in [1.82, 2.24) is 9.97 Å². The van der Waals surface area contributed by atoms with Gasteiger partial charge in [0, 0.05) is 22.1 Å². The second-order valence-electron chi connectivity index (χ2n) is 15.0. The molecule has 0 N–H and O–H groups in total. The van der Waals surface area contributed by atoms with Crippen molar-refractivity contribution in [2.45, 2.75) is 19.3 Å².